The fourth-order valence-corrected chi connectivity index (χ4v) is 6.00. The van der Waals surface area contributed by atoms with E-state index in [1.165, 1.54) is 39.4 Å². The predicted octanol–water partition coefficient (Wildman–Crippen LogP) is 4.55. The van der Waals surface area contributed by atoms with Crippen LogP contribution in [0.15, 0.2) is 41.3 Å². The molecule has 1 amide bonds. The molecular formula is C20H20ClN3O3S2. The van der Waals surface area contributed by atoms with Gasteiger partial charge in [-0.15, -0.1) is 0 Å². The molecule has 0 saturated carbocycles. The van der Waals surface area contributed by atoms with E-state index in [9.17, 15) is 13.2 Å². The summed E-state index contributed by atoms with van der Waals surface area (Å²) in [4.78, 5) is 17.3. The Hall–Kier alpha value is -2.00. The minimum absolute atomic E-state index is 0.0748. The number of thiazole rings is 1. The maximum Gasteiger partial charge on any atom is 0.259 e. The number of carbonyl (C=O) groups excluding carboxylic acids is 1. The Morgan fingerprint density at radius 3 is 2.69 bits per heavy atom. The molecule has 4 rings (SSSR count). The van der Waals surface area contributed by atoms with Crippen molar-refractivity contribution in [2.45, 2.75) is 31.1 Å². The highest BCUT2D eigenvalue weighted by molar-refractivity contribution is 7.89. The van der Waals surface area contributed by atoms with Crippen molar-refractivity contribution in [2.24, 2.45) is 0 Å². The number of nitrogens with zero attached hydrogens (tertiary/aromatic N) is 2. The van der Waals surface area contributed by atoms with Crippen molar-refractivity contribution in [2.75, 3.05) is 18.4 Å². The third-order valence-electron chi connectivity index (χ3n) is 4.97. The molecule has 0 bridgehead atoms. The van der Waals surface area contributed by atoms with E-state index in [1.54, 1.807) is 0 Å². The molecule has 29 heavy (non-hydrogen) atoms. The number of aryl methyl sites for hydroxylation is 1. The highest BCUT2D eigenvalue weighted by Crippen LogP contribution is 2.29. The molecule has 1 fully saturated rings. The first-order valence-electron chi connectivity index (χ1n) is 9.39. The van der Waals surface area contributed by atoms with Crippen LogP contribution in [-0.2, 0) is 16.4 Å². The topological polar surface area (TPSA) is 79.4 Å². The van der Waals surface area contributed by atoms with Crippen molar-refractivity contribution in [3.8, 4) is 0 Å². The van der Waals surface area contributed by atoms with Crippen LogP contribution in [0.1, 0.15) is 35.7 Å². The minimum atomic E-state index is -3.63. The van der Waals surface area contributed by atoms with E-state index in [2.05, 4.69) is 23.3 Å². The zero-order valence-electron chi connectivity index (χ0n) is 15.8. The van der Waals surface area contributed by atoms with Crippen molar-refractivity contribution in [1.29, 1.82) is 0 Å². The second kappa shape index (κ2) is 8.02. The second-order valence-electron chi connectivity index (χ2n) is 6.88. The SMILES string of the molecule is CCc1ccc2nc(NC(=O)c3cc(S(=O)(=O)N4CCCC4)ccc3Cl)sc2c1. The largest absolute Gasteiger partial charge is 0.298 e. The summed E-state index contributed by atoms with van der Waals surface area (Å²) >= 11 is 7.57. The molecule has 3 aromatic rings. The number of nitrogens with one attached hydrogen (secondary N) is 1. The van der Waals surface area contributed by atoms with E-state index >= 15 is 0 Å². The lowest BCUT2D eigenvalue weighted by Gasteiger charge is -2.16. The molecule has 1 aliphatic rings. The van der Waals surface area contributed by atoms with Gasteiger partial charge in [-0.25, -0.2) is 13.4 Å². The number of sulfonamides is 1. The van der Waals surface area contributed by atoms with Crippen LogP contribution in [0.4, 0.5) is 5.13 Å². The van der Waals surface area contributed by atoms with Crippen molar-refractivity contribution in [3.05, 3.63) is 52.5 Å². The molecule has 0 unspecified atom stereocenters. The smallest absolute Gasteiger partial charge is 0.259 e. The molecule has 0 atom stereocenters. The molecule has 9 heteroatoms. The fourth-order valence-electron chi connectivity index (χ4n) is 3.32. The Bertz CT molecular complexity index is 1180. The van der Waals surface area contributed by atoms with Gasteiger partial charge in [0.25, 0.3) is 5.91 Å². The summed E-state index contributed by atoms with van der Waals surface area (Å²) in [5.74, 6) is -0.483. The number of carbonyl (C=O) groups is 1. The van der Waals surface area contributed by atoms with E-state index in [0.29, 0.717) is 18.2 Å². The number of hydrogen-bond acceptors (Lipinski definition) is 5. The summed E-state index contributed by atoms with van der Waals surface area (Å²) in [5, 5.41) is 3.39. The third kappa shape index (κ3) is 4.02. The van der Waals surface area contributed by atoms with Gasteiger partial charge < -0.3 is 0 Å². The summed E-state index contributed by atoms with van der Waals surface area (Å²) in [6.45, 7) is 3.08. The quantitative estimate of drug-likeness (QED) is 0.619. The van der Waals surface area contributed by atoms with Gasteiger partial charge in [0, 0.05) is 13.1 Å². The fraction of sp³-hybridized carbons (Fsp3) is 0.300. The van der Waals surface area contributed by atoms with E-state index in [0.717, 1.165) is 29.5 Å². The predicted molar refractivity (Wildman–Crippen MR) is 116 cm³/mol. The summed E-state index contributed by atoms with van der Waals surface area (Å²) < 4.78 is 28.0. The molecule has 0 spiro atoms. The lowest BCUT2D eigenvalue weighted by Crippen LogP contribution is -2.28. The zero-order valence-corrected chi connectivity index (χ0v) is 18.2. The Morgan fingerprint density at radius 1 is 1.21 bits per heavy atom. The molecule has 1 aromatic heterocycles. The third-order valence-corrected chi connectivity index (χ3v) is 8.12. The highest BCUT2D eigenvalue weighted by Gasteiger charge is 2.28. The first kappa shape index (κ1) is 20.3. The van der Waals surface area contributed by atoms with Gasteiger partial charge in [0.05, 0.1) is 25.7 Å². The number of fused-ring (bicyclic) bond motifs is 1. The van der Waals surface area contributed by atoms with E-state index in [1.807, 2.05) is 12.1 Å². The van der Waals surface area contributed by atoms with Crippen molar-refractivity contribution in [1.82, 2.24) is 9.29 Å². The van der Waals surface area contributed by atoms with Crippen molar-refractivity contribution in [3.63, 3.8) is 0 Å². The highest BCUT2D eigenvalue weighted by atomic mass is 35.5. The molecule has 1 saturated heterocycles. The number of halogens is 1. The van der Waals surface area contributed by atoms with Gasteiger partial charge in [-0.1, -0.05) is 35.9 Å². The van der Waals surface area contributed by atoms with E-state index < -0.39 is 15.9 Å². The molecule has 6 nitrogen and oxygen atoms in total. The first-order valence-corrected chi connectivity index (χ1v) is 12.0. The molecule has 2 aromatic carbocycles. The molecule has 1 aliphatic heterocycles. The lowest BCUT2D eigenvalue weighted by atomic mass is 10.2. The normalized spacial score (nSPS) is 15.1. The summed E-state index contributed by atoms with van der Waals surface area (Å²) in [6.07, 6.45) is 2.61. The second-order valence-corrected chi connectivity index (χ2v) is 10.3. The van der Waals surface area contributed by atoms with Gasteiger partial charge in [-0.05, 0) is 55.2 Å². The number of hydrogen-bond donors (Lipinski definition) is 1. The van der Waals surface area contributed by atoms with Crippen LogP contribution in [0.5, 0.6) is 0 Å². The van der Waals surface area contributed by atoms with Crippen LogP contribution in [0.3, 0.4) is 0 Å². The maximum atomic E-state index is 12.8. The minimum Gasteiger partial charge on any atom is -0.298 e. The van der Waals surface area contributed by atoms with Crippen LogP contribution in [0.25, 0.3) is 10.2 Å². The lowest BCUT2D eigenvalue weighted by molar-refractivity contribution is 0.102. The van der Waals surface area contributed by atoms with E-state index in [-0.39, 0.29) is 15.5 Å². The van der Waals surface area contributed by atoms with Crippen LogP contribution in [0, 0.1) is 0 Å². The average Bonchev–Trinajstić information content (AvgIpc) is 3.37. The Labute approximate surface area is 178 Å². The van der Waals surface area contributed by atoms with Crippen LogP contribution in [-0.4, -0.2) is 36.7 Å². The van der Waals surface area contributed by atoms with Gasteiger partial charge in [-0.3, -0.25) is 10.1 Å². The van der Waals surface area contributed by atoms with E-state index in [4.69, 9.17) is 11.6 Å². The van der Waals surface area contributed by atoms with Crippen LogP contribution in [0.2, 0.25) is 5.02 Å². The average molecular weight is 450 g/mol. The Morgan fingerprint density at radius 2 is 1.97 bits per heavy atom. The Kier molecular flexibility index (Phi) is 5.61. The Balaban J connectivity index is 1.61. The molecule has 152 valence electrons. The monoisotopic (exact) mass is 449 g/mol. The molecular weight excluding hydrogens is 430 g/mol. The molecule has 2 heterocycles. The van der Waals surface area contributed by atoms with Crippen LogP contribution >= 0.6 is 22.9 Å². The van der Waals surface area contributed by atoms with Crippen LogP contribution < -0.4 is 5.32 Å². The summed E-state index contributed by atoms with van der Waals surface area (Å²) in [7, 11) is -3.63. The number of benzene rings is 2. The van der Waals surface area contributed by atoms with Crippen molar-refractivity contribution < 1.29 is 13.2 Å². The van der Waals surface area contributed by atoms with Gasteiger partial charge >= 0.3 is 0 Å². The first-order chi connectivity index (χ1) is 13.9. The molecule has 0 aliphatic carbocycles. The van der Waals surface area contributed by atoms with Gasteiger partial charge in [0.2, 0.25) is 10.0 Å². The number of anilines is 1. The maximum absolute atomic E-state index is 12.8. The molecule has 0 radical (unpaired) electrons. The standard InChI is InChI=1S/C20H20ClN3O3S2/c1-2-13-5-8-17-18(11-13)28-20(22-17)23-19(25)15-12-14(6-7-16(15)21)29(26,27)24-9-3-4-10-24/h5-8,11-12H,2-4,9-10H2,1H3,(H,22,23,25). The van der Waals surface area contributed by atoms with Gasteiger partial charge in [-0.2, -0.15) is 4.31 Å². The summed E-state index contributed by atoms with van der Waals surface area (Å²) in [6, 6.07) is 10.2. The number of amides is 1. The zero-order chi connectivity index (χ0) is 20.6. The molecule has 1 N–H and O–H groups in total. The number of rotatable bonds is 5. The van der Waals surface area contributed by atoms with Gasteiger partial charge in [0.15, 0.2) is 5.13 Å². The summed E-state index contributed by atoms with van der Waals surface area (Å²) in [5.41, 5.74) is 2.11. The van der Waals surface area contributed by atoms with Crippen molar-refractivity contribution >= 4 is 54.2 Å². The number of aromatic nitrogens is 1. The van der Waals surface area contributed by atoms with Gasteiger partial charge in [0.1, 0.15) is 0 Å².